The minimum absolute atomic E-state index is 0.0498. The number of likely N-dealkylation sites (N-methyl/N-ethyl adjacent to an activating group) is 1. The van der Waals surface area contributed by atoms with Crippen LogP contribution in [0.15, 0.2) is 24.3 Å². The lowest BCUT2D eigenvalue weighted by Crippen LogP contribution is -2.57. The van der Waals surface area contributed by atoms with E-state index >= 15 is 0 Å². The molecular formula is C12H14N2O2. The zero-order valence-electron chi connectivity index (χ0n) is 9.18. The number of benzene rings is 1. The molecule has 1 atom stereocenters. The average molecular weight is 218 g/mol. The summed E-state index contributed by atoms with van der Waals surface area (Å²) in [5, 5.41) is 10.7. The number of carbonyl (C=O) groups is 1. The van der Waals surface area contributed by atoms with Crippen molar-refractivity contribution >= 4 is 5.91 Å². The predicted octanol–water partition coefficient (Wildman–Crippen LogP) is 0.233. The number of carbonyl (C=O) groups excluding carboxylic acids is 1. The molecule has 1 saturated heterocycles. The topological polar surface area (TPSA) is 43.8 Å². The van der Waals surface area contributed by atoms with Crippen LogP contribution >= 0.6 is 0 Å². The van der Waals surface area contributed by atoms with Gasteiger partial charge in [0.1, 0.15) is 0 Å². The Kier molecular flexibility index (Phi) is 1.87. The number of piperazine rings is 1. The maximum Gasteiger partial charge on any atom is 0.256 e. The number of amides is 1. The molecule has 1 amide bonds. The van der Waals surface area contributed by atoms with Crippen LogP contribution in [0.5, 0.6) is 0 Å². The Morgan fingerprint density at radius 2 is 2.06 bits per heavy atom. The van der Waals surface area contributed by atoms with E-state index in [1.165, 1.54) is 0 Å². The third-order valence-electron chi connectivity index (χ3n) is 3.48. The zero-order chi connectivity index (χ0) is 11.3. The molecule has 1 aromatic carbocycles. The molecule has 0 radical (unpaired) electrons. The van der Waals surface area contributed by atoms with Crippen LogP contribution in [0.25, 0.3) is 0 Å². The lowest BCUT2D eigenvalue weighted by molar-refractivity contribution is -0.124. The molecule has 1 aromatic rings. The molecule has 1 N–H and O–H groups in total. The van der Waals surface area contributed by atoms with E-state index in [-0.39, 0.29) is 5.91 Å². The molecule has 16 heavy (non-hydrogen) atoms. The van der Waals surface area contributed by atoms with Crippen LogP contribution in [0.3, 0.4) is 0 Å². The Bertz CT molecular complexity index is 460. The standard InChI is InChI=1S/C12H14N2O2/c1-13-6-7-14-11(15)9-4-2-3-5-10(9)12(14,16)8-13/h2-5,16H,6-8H2,1H3. The van der Waals surface area contributed by atoms with Crippen molar-refractivity contribution < 1.29 is 9.90 Å². The number of fused-ring (bicyclic) bond motifs is 3. The summed E-state index contributed by atoms with van der Waals surface area (Å²) in [6.45, 7) is 1.87. The first-order valence-corrected chi connectivity index (χ1v) is 5.45. The summed E-state index contributed by atoms with van der Waals surface area (Å²) < 4.78 is 0. The second-order valence-electron chi connectivity index (χ2n) is 4.56. The minimum Gasteiger partial charge on any atom is -0.366 e. The molecule has 0 aliphatic carbocycles. The van der Waals surface area contributed by atoms with E-state index in [1.54, 1.807) is 11.0 Å². The van der Waals surface area contributed by atoms with Gasteiger partial charge in [0.15, 0.2) is 5.72 Å². The van der Waals surface area contributed by atoms with Gasteiger partial charge < -0.3 is 10.0 Å². The zero-order valence-corrected chi connectivity index (χ0v) is 9.18. The van der Waals surface area contributed by atoms with Gasteiger partial charge in [-0.2, -0.15) is 0 Å². The Morgan fingerprint density at radius 3 is 2.88 bits per heavy atom. The van der Waals surface area contributed by atoms with Gasteiger partial charge in [-0.15, -0.1) is 0 Å². The maximum atomic E-state index is 12.1. The van der Waals surface area contributed by atoms with Crippen molar-refractivity contribution in [3.8, 4) is 0 Å². The summed E-state index contributed by atoms with van der Waals surface area (Å²) >= 11 is 0. The fourth-order valence-corrected chi connectivity index (χ4v) is 2.66. The number of aliphatic hydroxyl groups is 1. The van der Waals surface area contributed by atoms with Crippen molar-refractivity contribution in [1.82, 2.24) is 9.80 Å². The van der Waals surface area contributed by atoms with Gasteiger partial charge in [-0.1, -0.05) is 18.2 Å². The van der Waals surface area contributed by atoms with E-state index in [4.69, 9.17) is 0 Å². The second-order valence-corrected chi connectivity index (χ2v) is 4.56. The van der Waals surface area contributed by atoms with Gasteiger partial charge >= 0.3 is 0 Å². The number of nitrogens with zero attached hydrogens (tertiary/aromatic N) is 2. The molecule has 0 aromatic heterocycles. The van der Waals surface area contributed by atoms with Crippen molar-refractivity contribution in [3.05, 3.63) is 35.4 Å². The smallest absolute Gasteiger partial charge is 0.256 e. The van der Waals surface area contributed by atoms with Crippen LogP contribution in [0.2, 0.25) is 0 Å². The van der Waals surface area contributed by atoms with Crippen LogP contribution < -0.4 is 0 Å². The average Bonchev–Trinajstić information content (AvgIpc) is 2.49. The molecule has 2 heterocycles. The van der Waals surface area contributed by atoms with Crippen molar-refractivity contribution in [2.45, 2.75) is 5.72 Å². The Labute approximate surface area is 94.1 Å². The first kappa shape index (κ1) is 9.81. The lowest BCUT2D eigenvalue weighted by atomic mass is 10.00. The molecule has 0 bridgehead atoms. The maximum absolute atomic E-state index is 12.1. The summed E-state index contributed by atoms with van der Waals surface area (Å²) in [5.74, 6) is -0.0498. The summed E-state index contributed by atoms with van der Waals surface area (Å²) in [7, 11) is 1.96. The van der Waals surface area contributed by atoms with Gasteiger partial charge in [-0.3, -0.25) is 9.69 Å². The molecule has 84 valence electrons. The van der Waals surface area contributed by atoms with Gasteiger partial charge in [-0.25, -0.2) is 0 Å². The molecular weight excluding hydrogens is 204 g/mol. The SMILES string of the molecule is CN1CCN2C(=O)c3ccccc3C2(O)C1. The van der Waals surface area contributed by atoms with Crippen LogP contribution in [0.4, 0.5) is 0 Å². The first-order chi connectivity index (χ1) is 7.63. The quantitative estimate of drug-likeness (QED) is 0.678. The largest absolute Gasteiger partial charge is 0.366 e. The van der Waals surface area contributed by atoms with Crippen LogP contribution in [0.1, 0.15) is 15.9 Å². The third kappa shape index (κ3) is 1.08. The number of hydrogen-bond acceptors (Lipinski definition) is 3. The van der Waals surface area contributed by atoms with Gasteiger partial charge in [-0.05, 0) is 13.1 Å². The fourth-order valence-electron chi connectivity index (χ4n) is 2.66. The molecule has 0 saturated carbocycles. The summed E-state index contributed by atoms with van der Waals surface area (Å²) in [5.41, 5.74) is 0.257. The molecule has 3 rings (SSSR count). The van der Waals surface area contributed by atoms with Gasteiger partial charge in [0.25, 0.3) is 5.91 Å². The molecule has 4 heteroatoms. The minimum atomic E-state index is -1.12. The van der Waals surface area contributed by atoms with Gasteiger partial charge in [0.2, 0.25) is 0 Å². The highest BCUT2D eigenvalue weighted by Crippen LogP contribution is 2.38. The fraction of sp³-hybridized carbons (Fsp3) is 0.417. The molecule has 1 fully saturated rings. The third-order valence-corrected chi connectivity index (χ3v) is 3.48. The summed E-state index contributed by atoms with van der Waals surface area (Å²) in [6, 6.07) is 7.32. The van der Waals surface area contributed by atoms with Gasteiger partial charge in [0, 0.05) is 24.2 Å². The highest BCUT2D eigenvalue weighted by atomic mass is 16.3. The number of β-amino-alcohol motifs (C(OH)–C–C–N with tert-alkyl or cyclic N) is 1. The van der Waals surface area contributed by atoms with Crippen molar-refractivity contribution in [1.29, 1.82) is 0 Å². The van der Waals surface area contributed by atoms with E-state index in [1.807, 2.05) is 30.1 Å². The van der Waals surface area contributed by atoms with Crippen LogP contribution in [-0.2, 0) is 5.72 Å². The van der Waals surface area contributed by atoms with E-state index in [0.717, 1.165) is 12.1 Å². The second kappa shape index (κ2) is 3.06. The van der Waals surface area contributed by atoms with Gasteiger partial charge in [0.05, 0.1) is 6.54 Å². The monoisotopic (exact) mass is 218 g/mol. The molecule has 1 unspecified atom stereocenters. The molecule has 2 aliphatic heterocycles. The highest BCUT2D eigenvalue weighted by Gasteiger charge is 2.50. The molecule has 4 nitrogen and oxygen atoms in total. The Morgan fingerprint density at radius 1 is 1.31 bits per heavy atom. The number of rotatable bonds is 0. The molecule has 2 aliphatic rings. The summed E-state index contributed by atoms with van der Waals surface area (Å²) in [4.78, 5) is 15.7. The highest BCUT2D eigenvalue weighted by molar-refractivity contribution is 5.99. The Balaban J connectivity index is 2.16. The van der Waals surface area contributed by atoms with Crippen LogP contribution in [-0.4, -0.2) is 47.5 Å². The first-order valence-electron chi connectivity index (χ1n) is 5.45. The van der Waals surface area contributed by atoms with E-state index in [2.05, 4.69) is 0 Å². The summed E-state index contributed by atoms with van der Waals surface area (Å²) in [6.07, 6.45) is 0. The van der Waals surface area contributed by atoms with Crippen molar-refractivity contribution in [2.75, 3.05) is 26.7 Å². The van der Waals surface area contributed by atoms with E-state index in [0.29, 0.717) is 18.7 Å². The molecule has 0 spiro atoms. The van der Waals surface area contributed by atoms with E-state index in [9.17, 15) is 9.90 Å². The van der Waals surface area contributed by atoms with Crippen LogP contribution in [0, 0.1) is 0 Å². The van der Waals surface area contributed by atoms with E-state index < -0.39 is 5.72 Å². The Hall–Kier alpha value is -1.39. The normalized spacial score (nSPS) is 29.1. The number of hydrogen-bond donors (Lipinski definition) is 1. The predicted molar refractivity (Wildman–Crippen MR) is 58.9 cm³/mol. The van der Waals surface area contributed by atoms with Crippen molar-refractivity contribution in [3.63, 3.8) is 0 Å². The van der Waals surface area contributed by atoms with Crippen molar-refractivity contribution in [2.24, 2.45) is 0 Å². The lowest BCUT2D eigenvalue weighted by Gasteiger charge is -2.42.